The number of hydrogen-bond donors (Lipinski definition) is 0. The number of unbranched alkanes of at least 4 members (excludes halogenated alkanes) is 2. The molecule has 0 aliphatic carbocycles. The standard InChI is InChI=1S/C5H11.2C5H3.2CH4.CH3.Hf.2H2/c3*1-3-5-4-2;;;;;;/h1,3-5H2,2H3;2*1H3;2*1H4;1H3;;2*1H/q3*-1;;;-1;+4;;. The smallest absolute Gasteiger partial charge is 0.358 e. The Labute approximate surface area is 146 Å². The van der Waals surface area contributed by atoms with Crippen LogP contribution in [0.15, 0.2) is 0 Å². The van der Waals surface area contributed by atoms with E-state index in [1.54, 1.807) is 13.8 Å². The van der Waals surface area contributed by atoms with E-state index >= 15 is 0 Å². The third-order valence-corrected chi connectivity index (χ3v) is 0.979. The second kappa shape index (κ2) is 67.5. The molecule has 0 aromatic carbocycles. The molecule has 0 rings (SSSR count). The third kappa shape index (κ3) is 150. The van der Waals surface area contributed by atoms with Crippen LogP contribution in [-0.4, -0.2) is 0 Å². The van der Waals surface area contributed by atoms with Gasteiger partial charge in [-0.05, 0) is 13.8 Å². The van der Waals surface area contributed by atoms with Gasteiger partial charge >= 0.3 is 25.8 Å². The second-order valence-corrected chi connectivity index (χ2v) is 2.21. The molecule has 0 nitrogen and oxygen atoms in total. The minimum absolute atomic E-state index is 0. The monoisotopic (exact) mass is 428 g/mol. The summed E-state index contributed by atoms with van der Waals surface area (Å²) in [6, 6.07) is 0. The summed E-state index contributed by atoms with van der Waals surface area (Å²) in [5.41, 5.74) is 0. The molecule has 0 heterocycles. The average molecular weight is 427 g/mol. The van der Waals surface area contributed by atoms with E-state index in [4.69, 9.17) is 12.8 Å². The molecule has 108 valence electrons. The van der Waals surface area contributed by atoms with E-state index in [0.717, 1.165) is 6.42 Å². The summed E-state index contributed by atoms with van der Waals surface area (Å²) in [5.74, 6) is 13.3. The predicted octanol–water partition coefficient (Wildman–Crippen LogP) is 5.42. The predicted molar refractivity (Wildman–Crippen MR) is 90.1 cm³/mol. The van der Waals surface area contributed by atoms with Crippen LogP contribution in [0.25, 0.3) is 0 Å². The van der Waals surface area contributed by atoms with Crippen molar-refractivity contribution in [1.29, 1.82) is 0 Å². The van der Waals surface area contributed by atoms with E-state index in [0.29, 0.717) is 0 Å². The molecule has 0 N–H and O–H groups in total. The normalized spacial score (nSPS) is 3.89. The molecule has 0 aromatic rings. The molecule has 0 bridgehead atoms. The van der Waals surface area contributed by atoms with Crippen molar-refractivity contribution in [2.75, 3.05) is 0 Å². The fourth-order valence-corrected chi connectivity index (χ4v) is 0.375. The zero-order valence-electron chi connectivity index (χ0n) is 11.3. The maximum Gasteiger partial charge on any atom is 4.00 e. The average Bonchev–Trinajstić information content (AvgIpc) is 2.23. The van der Waals surface area contributed by atoms with Gasteiger partial charge < -0.3 is 27.2 Å². The Bertz CT molecular complexity index is 269. The minimum Gasteiger partial charge on any atom is -0.358 e. The number of rotatable bonds is 2. The van der Waals surface area contributed by atoms with Crippen molar-refractivity contribution in [2.24, 2.45) is 0 Å². The Morgan fingerprint density at radius 1 is 1.00 bits per heavy atom. The van der Waals surface area contributed by atoms with Crippen LogP contribution in [0.1, 0.15) is 57.7 Å². The van der Waals surface area contributed by atoms with Gasteiger partial charge in [-0.3, -0.25) is 23.7 Å². The van der Waals surface area contributed by atoms with Gasteiger partial charge in [0.05, 0.1) is 0 Å². The van der Waals surface area contributed by atoms with Crippen molar-refractivity contribution < 1.29 is 28.7 Å². The fourth-order valence-electron chi connectivity index (χ4n) is 0.375. The zero-order chi connectivity index (χ0) is 12.4. The molecule has 0 aliphatic heterocycles. The molecule has 0 radical (unpaired) electrons. The van der Waals surface area contributed by atoms with Crippen LogP contribution in [0.5, 0.6) is 0 Å². The topological polar surface area (TPSA) is 0 Å². The molecule has 19 heavy (non-hydrogen) atoms. The Morgan fingerprint density at radius 3 is 1.32 bits per heavy atom. The van der Waals surface area contributed by atoms with E-state index in [1.165, 1.54) is 12.8 Å². The number of hydrogen-bond acceptors (Lipinski definition) is 0. The van der Waals surface area contributed by atoms with Gasteiger partial charge in [0, 0.05) is 2.85 Å². The van der Waals surface area contributed by atoms with Crippen LogP contribution in [0.2, 0.25) is 0 Å². The quantitative estimate of drug-likeness (QED) is 0.314. The van der Waals surface area contributed by atoms with Crippen LogP contribution < -0.4 is 0 Å². The maximum atomic E-state index is 6.18. The van der Waals surface area contributed by atoms with Crippen molar-refractivity contribution in [2.45, 2.75) is 54.9 Å². The molecule has 0 fully saturated rings. The maximum absolute atomic E-state index is 6.18. The SMILES string of the molecule is C.C.[C-]#CC#CC.[C-]#CC#CC.[CH2-]CCCC.[CH3-].[HH].[HH].[Hf+4]. The molecule has 1 heteroatoms. The summed E-state index contributed by atoms with van der Waals surface area (Å²) in [6.07, 6.45) is 16.0. The summed E-state index contributed by atoms with van der Waals surface area (Å²) in [4.78, 5) is 0. The van der Waals surface area contributed by atoms with E-state index < -0.39 is 0 Å². The van der Waals surface area contributed by atoms with Crippen molar-refractivity contribution in [3.8, 4) is 35.5 Å². The Kier molecular flexibility index (Phi) is 153. The van der Waals surface area contributed by atoms with Crippen molar-refractivity contribution >= 4 is 0 Å². The van der Waals surface area contributed by atoms with Gasteiger partial charge in [0.25, 0.3) is 0 Å². The minimum atomic E-state index is 0. The third-order valence-electron chi connectivity index (χ3n) is 0.979. The molecule has 0 saturated carbocycles. The Morgan fingerprint density at radius 2 is 1.32 bits per heavy atom. The zero-order valence-corrected chi connectivity index (χ0v) is 14.9. The van der Waals surface area contributed by atoms with Crippen LogP contribution >= 0.6 is 0 Å². The largest absolute Gasteiger partial charge is 4.00 e. The molecule has 0 unspecified atom stereocenters. The van der Waals surface area contributed by atoms with Crippen LogP contribution in [0.3, 0.4) is 0 Å². The van der Waals surface area contributed by atoms with Crippen molar-refractivity contribution in [1.82, 2.24) is 0 Å². The summed E-state index contributed by atoms with van der Waals surface area (Å²) >= 11 is 0. The fraction of sp³-hybridized carbons (Fsp3) is 0.444. The molecule has 0 atom stereocenters. The summed E-state index contributed by atoms with van der Waals surface area (Å²) < 4.78 is 0. The second-order valence-electron chi connectivity index (χ2n) is 2.21. The first-order valence-corrected chi connectivity index (χ1v) is 4.71. The molecular formula is C18H32Hf. The van der Waals surface area contributed by atoms with Crippen molar-refractivity contribution in [3.05, 3.63) is 27.2 Å². The first kappa shape index (κ1) is 43.0. The molecule has 0 saturated heterocycles. The molecule has 0 amide bonds. The van der Waals surface area contributed by atoms with Crippen LogP contribution in [-0.2, 0) is 25.8 Å². The molecule has 0 spiro atoms. The Balaban J connectivity index is -0.0000000129. The summed E-state index contributed by atoms with van der Waals surface area (Å²) in [7, 11) is 0. The first-order chi connectivity index (χ1) is 7.24. The molecular weight excluding hydrogens is 395 g/mol. The summed E-state index contributed by atoms with van der Waals surface area (Å²) in [6.45, 7) is 9.18. The van der Waals surface area contributed by atoms with E-state index in [-0.39, 0.29) is 51.0 Å². The van der Waals surface area contributed by atoms with E-state index in [2.05, 4.69) is 37.5 Å². The van der Waals surface area contributed by atoms with Gasteiger partial charge in [-0.1, -0.05) is 34.6 Å². The van der Waals surface area contributed by atoms with Crippen molar-refractivity contribution in [3.63, 3.8) is 0 Å². The molecule has 0 aliphatic rings. The van der Waals surface area contributed by atoms with Gasteiger partial charge in [0.15, 0.2) is 0 Å². The van der Waals surface area contributed by atoms with Gasteiger partial charge in [-0.2, -0.15) is 6.42 Å². The van der Waals surface area contributed by atoms with Gasteiger partial charge in [-0.25, -0.2) is 11.8 Å². The van der Waals surface area contributed by atoms with E-state index in [1.807, 2.05) is 11.8 Å². The summed E-state index contributed by atoms with van der Waals surface area (Å²) in [5, 5.41) is 0. The Hall–Kier alpha value is -0.890. The first-order valence-electron chi connectivity index (χ1n) is 4.71. The van der Waals surface area contributed by atoms with Gasteiger partial charge in [0.1, 0.15) is 0 Å². The van der Waals surface area contributed by atoms with Gasteiger partial charge in [0.2, 0.25) is 0 Å². The molecule has 0 aromatic heterocycles. The van der Waals surface area contributed by atoms with Crippen LogP contribution in [0, 0.1) is 62.7 Å². The van der Waals surface area contributed by atoms with Gasteiger partial charge in [-0.15, -0.1) is 0 Å². The van der Waals surface area contributed by atoms with Crippen LogP contribution in [0.4, 0.5) is 0 Å². The van der Waals surface area contributed by atoms with E-state index in [9.17, 15) is 0 Å².